The largest absolute Gasteiger partial charge is 0.336 e. The maximum absolute atomic E-state index is 12.2. The third kappa shape index (κ3) is 6.16. The van der Waals surface area contributed by atoms with Gasteiger partial charge >= 0.3 is 0 Å². The second-order valence-corrected chi connectivity index (χ2v) is 7.72. The fourth-order valence-electron chi connectivity index (χ4n) is 2.57. The molecule has 2 aromatic rings. The molecule has 0 fully saturated rings. The number of hydrogen-bond acceptors (Lipinski definition) is 3. The van der Waals surface area contributed by atoms with Crippen molar-refractivity contribution in [3.8, 4) is 0 Å². The van der Waals surface area contributed by atoms with Gasteiger partial charge in [-0.1, -0.05) is 24.3 Å². The van der Waals surface area contributed by atoms with Crippen molar-refractivity contribution in [2.24, 2.45) is 0 Å². The summed E-state index contributed by atoms with van der Waals surface area (Å²) in [7, 11) is 1.57. The smallest absolute Gasteiger partial charge is 0.243 e. The van der Waals surface area contributed by atoms with Gasteiger partial charge in [-0.05, 0) is 65.8 Å². The van der Waals surface area contributed by atoms with Crippen LogP contribution in [0.25, 0.3) is 0 Å². The lowest BCUT2D eigenvalue weighted by atomic mass is 10.1. The highest BCUT2D eigenvalue weighted by Gasteiger charge is 2.16. The van der Waals surface area contributed by atoms with Crippen molar-refractivity contribution in [1.82, 2.24) is 4.90 Å². The Labute approximate surface area is 173 Å². The second kappa shape index (κ2) is 9.64. The van der Waals surface area contributed by atoms with Crippen LogP contribution in [0.4, 0.5) is 5.69 Å². The van der Waals surface area contributed by atoms with Gasteiger partial charge in [0.1, 0.15) is 0 Å². The zero-order valence-electron chi connectivity index (χ0n) is 15.7. The first-order valence-corrected chi connectivity index (χ1v) is 9.74. The lowest BCUT2D eigenvalue weighted by Crippen LogP contribution is -2.35. The van der Waals surface area contributed by atoms with Gasteiger partial charge < -0.3 is 10.2 Å². The molecule has 1 N–H and O–H groups in total. The number of hydrogen-bond donors (Lipinski definition) is 1. The van der Waals surface area contributed by atoms with Crippen LogP contribution in [0.5, 0.6) is 0 Å². The molecule has 2 aromatic carbocycles. The molecular weight excluding hydrogens is 455 g/mol. The fraction of sp³-hybridized carbons (Fsp3) is 0.286. The van der Waals surface area contributed by atoms with Crippen molar-refractivity contribution >= 4 is 45.9 Å². The number of nitrogens with zero attached hydrogens (tertiary/aromatic N) is 1. The Balaban J connectivity index is 1.84. The number of amides is 2. The predicted molar refractivity (Wildman–Crippen MR) is 115 cm³/mol. The van der Waals surface area contributed by atoms with Crippen molar-refractivity contribution in [3.63, 3.8) is 0 Å². The first-order chi connectivity index (χ1) is 12.8. The number of Topliss-reactive ketones (excluding diaryl/α,β-unsaturated/α-hetero) is 1. The summed E-state index contributed by atoms with van der Waals surface area (Å²) in [6.45, 7) is 3.87. The number of ketones is 1. The van der Waals surface area contributed by atoms with Crippen LogP contribution in [0.2, 0.25) is 0 Å². The maximum atomic E-state index is 12.2. The summed E-state index contributed by atoms with van der Waals surface area (Å²) >= 11 is 2.17. The highest BCUT2D eigenvalue weighted by atomic mass is 127. The van der Waals surface area contributed by atoms with Crippen LogP contribution in [-0.2, 0) is 9.59 Å². The molecule has 27 heavy (non-hydrogen) atoms. The van der Waals surface area contributed by atoms with Gasteiger partial charge in [0.05, 0.1) is 6.54 Å². The van der Waals surface area contributed by atoms with E-state index < -0.39 is 0 Å². The molecule has 0 atom stereocenters. The summed E-state index contributed by atoms with van der Waals surface area (Å²) in [5, 5.41) is 2.83. The lowest BCUT2D eigenvalue weighted by molar-refractivity contribution is -0.133. The van der Waals surface area contributed by atoms with Crippen molar-refractivity contribution in [2.75, 3.05) is 18.9 Å². The van der Waals surface area contributed by atoms with Crippen molar-refractivity contribution in [3.05, 3.63) is 62.7 Å². The standard InChI is InChI=1S/C21H23IN2O3/c1-14-5-4-6-18(15(14)2)23-20(26)13-24(3)21(27)12-11-19(25)16-7-9-17(22)10-8-16/h4-10H,11-13H2,1-3H3,(H,23,26). The Kier molecular flexibility index (Phi) is 7.53. The molecule has 0 aliphatic carbocycles. The Morgan fingerprint density at radius 1 is 1.00 bits per heavy atom. The molecule has 0 spiro atoms. The van der Waals surface area contributed by atoms with Gasteiger partial charge in [-0.2, -0.15) is 0 Å². The minimum Gasteiger partial charge on any atom is -0.336 e. The van der Waals surface area contributed by atoms with E-state index >= 15 is 0 Å². The number of aryl methyl sites for hydroxylation is 1. The SMILES string of the molecule is Cc1cccc(NC(=O)CN(C)C(=O)CCC(=O)c2ccc(I)cc2)c1C. The Bertz CT molecular complexity index is 847. The molecule has 2 rings (SSSR count). The molecule has 0 aliphatic rings. The number of rotatable bonds is 7. The minimum atomic E-state index is -0.261. The van der Waals surface area contributed by atoms with Gasteiger partial charge in [-0.3, -0.25) is 14.4 Å². The Morgan fingerprint density at radius 3 is 2.33 bits per heavy atom. The molecule has 0 saturated carbocycles. The van der Waals surface area contributed by atoms with E-state index in [-0.39, 0.29) is 37.0 Å². The number of carbonyl (C=O) groups excluding carboxylic acids is 3. The van der Waals surface area contributed by atoms with E-state index in [9.17, 15) is 14.4 Å². The van der Waals surface area contributed by atoms with Gasteiger partial charge in [0.15, 0.2) is 5.78 Å². The molecular formula is C21H23IN2O3. The summed E-state index contributed by atoms with van der Waals surface area (Å²) in [6.07, 6.45) is 0.209. The molecule has 0 radical (unpaired) electrons. The first-order valence-electron chi connectivity index (χ1n) is 8.66. The Morgan fingerprint density at radius 2 is 1.67 bits per heavy atom. The molecule has 6 heteroatoms. The average Bonchev–Trinajstić information content (AvgIpc) is 2.63. The third-order valence-corrected chi connectivity index (χ3v) is 5.14. The van der Waals surface area contributed by atoms with Crippen LogP contribution >= 0.6 is 22.6 Å². The van der Waals surface area contributed by atoms with E-state index in [0.717, 1.165) is 20.4 Å². The predicted octanol–water partition coefficient (Wildman–Crippen LogP) is 3.97. The molecule has 142 valence electrons. The van der Waals surface area contributed by atoms with E-state index in [1.54, 1.807) is 19.2 Å². The number of carbonyl (C=O) groups is 3. The monoisotopic (exact) mass is 478 g/mol. The highest BCUT2D eigenvalue weighted by molar-refractivity contribution is 14.1. The topological polar surface area (TPSA) is 66.5 Å². The molecule has 2 amide bonds. The van der Waals surface area contributed by atoms with Gasteiger partial charge in [0.2, 0.25) is 11.8 Å². The minimum absolute atomic E-state index is 0.0516. The summed E-state index contributed by atoms with van der Waals surface area (Å²) in [5.41, 5.74) is 3.43. The van der Waals surface area contributed by atoms with Gasteiger partial charge in [-0.15, -0.1) is 0 Å². The first kappa shape index (κ1) is 21.1. The molecule has 0 bridgehead atoms. The molecule has 5 nitrogen and oxygen atoms in total. The number of benzene rings is 2. The Hall–Kier alpha value is -2.22. The number of halogens is 1. The van der Waals surface area contributed by atoms with E-state index in [1.807, 2.05) is 44.2 Å². The van der Waals surface area contributed by atoms with Crippen LogP contribution in [0.3, 0.4) is 0 Å². The van der Waals surface area contributed by atoms with Crippen LogP contribution in [0.15, 0.2) is 42.5 Å². The number of anilines is 1. The lowest BCUT2D eigenvalue weighted by Gasteiger charge is -2.17. The van der Waals surface area contributed by atoms with Crippen molar-refractivity contribution < 1.29 is 14.4 Å². The van der Waals surface area contributed by atoms with Crippen LogP contribution in [-0.4, -0.2) is 36.1 Å². The molecule has 0 heterocycles. The third-order valence-electron chi connectivity index (χ3n) is 4.42. The van der Waals surface area contributed by atoms with Crippen LogP contribution in [0, 0.1) is 17.4 Å². The maximum Gasteiger partial charge on any atom is 0.243 e. The summed E-state index contributed by atoms with van der Waals surface area (Å²) < 4.78 is 1.05. The molecule has 0 aliphatic heterocycles. The second-order valence-electron chi connectivity index (χ2n) is 6.48. The van der Waals surface area contributed by atoms with E-state index in [4.69, 9.17) is 0 Å². The van der Waals surface area contributed by atoms with Crippen molar-refractivity contribution in [1.29, 1.82) is 0 Å². The molecule has 0 saturated heterocycles. The van der Waals surface area contributed by atoms with Gasteiger partial charge in [-0.25, -0.2) is 0 Å². The number of likely N-dealkylation sites (N-methyl/N-ethyl adjacent to an activating group) is 1. The molecule has 0 aromatic heterocycles. The van der Waals surface area contributed by atoms with Gasteiger partial charge in [0, 0.05) is 34.7 Å². The fourth-order valence-corrected chi connectivity index (χ4v) is 2.93. The average molecular weight is 478 g/mol. The van der Waals surface area contributed by atoms with E-state index in [1.165, 1.54) is 4.90 Å². The summed E-state index contributed by atoms with van der Waals surface area (Å²) in [6, 6.07) is 12.9. The van der Waals surface area contributed by atoms with E-state index in [0.29, 0.717) is 5.56 Å². The van der Waals surface area contributed by atoms with E-state index in [2.05, 4.69) is 27.9 Å². The highest BCUT2D eigenvalue weighted by Crippen LogP contribution is 2.18. The van der Waals surface area contributed by atoms with Crippen LogP contribution < -0.4 is 5.32 Å². The zero-order valence-corrected chi connectivity index (χ0v) is 17.9. The van der Waals surface area contributed by atoms with Crippen molar-refractivity contribution in [2.45, 2.75) is 26.7 Å². The summed E-state index contributed by atoms with van der Waals surface area (Å²) in [4.78, 5) is 38.0. The molecule has 0 unspecified atom stereocenters. The zero-order chi connectivity index (χ0) is 20.0. The quantitative estimate of drug-likeness (QED) is 0.484. The summed E-state index contributed by atoms with van der Waals surface area (Å²) in [5.74, 6) is -0.568. The van der Waals surface area contributed by atoms with Crippen LogP contribution in [0.1, 0.15) is 34.3 Å². The normalized spacial score (nSPS) is 10.4. The number of nitrogens with one attached hydrogen (secondary N) is 1. The van der Waals surface area contributed by atoms with Gasteiger partial charge in [0.25, 0.3) is 0 Å².